The molecule has 0 saturated heterocycles. The van der Waals surface area contributed by atoms with Crippen LogP contribution in [-0.4, -0.2) is 21.8 Å². The van der Waals surface area contributed by atoms with E-state index in [4.69, 9.17) is 5.73 Å². The number of nitrogens with one attached hydrogen (secondary N) is 4. The molecule has 2 amide bonds. The number of aryl methyl sites for hydroxylation is 1. The molecule has 344 valence electrons. The van der Waals surface area contributed by atoms with Crippen LogP contribution in [0.1, 0.15) is 137 Å². The molecule has 0 atom stereocenters. The van der Waals surface area contributed by atoms with E-state index in [-0.39, 0.29) is 40.9 Å². The molecule has 67 heavy (non-hydrogen) atoms. The van der Waals surface area contributed by atoms with Crippen LogP contribution >= 0.6 is 0 Å². The number of hydrogen-bond donors (Lipinski definition) is 5. The Kier molecular flexibility index (Phi) is 12.1. The van der Waals surface area contributed by atoms with Crippen molar-refractivity contribution in [2.24, 2.45) is 0 Å². The van der Waals surface area contributed by atoms with Gasteiger partial charge in [-0.3, -0.25) is 9.59 Å². The van der Waals surface area contributed by atoms with E-state index in [9.17, 15) is 9.59 Å². The highest BCUT2D eigenvalue weighted by atomic mass is 16.2. The van der Waals surface area contributed by atoms with Gasteiger partial charge < -0.3 is 26.3 Å². The molecule has 0 aliphatic heterocycles. The first kappa shape index (κ1) is 46.7. The minimum absolute atomic E-state index is 0. The second-order valence-corrected chi connectivity index (χ2v) is 21.3. The number of rotatable bonds is 6. The molecule has 6 aromatic carbocycles. The standard InChI is InChI=1S/C30H32N2O.C29H31N3O.CH4/c1-19-8-6-7-9-25(19)32-28(33)22-11-10-21-17-26(31-27(21)18-22)20-12-13-23-24(16-20)30(4,5)15-14-29(23,2)3;1-28(2)13-14-29(3,4)22-15-18(11-12-21(22)28)19-9-10-20-17-26(31-25(20)16-19)27(33)32-24-8-6-5-7-23(24)30;/h6-13,16-18,31H,14-15H2,1-5H3,(H,32,33);5-12,15-17,31H,13-14,30H2,1-4H3,(H,32,33);1H4. The van der Waals surface area contributed by atoms with Crippen LogP contribution in [0.15, 0.2) is 133 Å². The Morgan fingerprint density at radius 3 is 1.63 bits per heavy atom. The maximum absolute atomic E-state index is 12.9. The molecule has 0 spiro atoms. The molecule has 2 heterocycles. The van der Waals surface area contributed by atoms with Crippen LogP contribution in [-0.2, 0) is 21.7 Å². The number of para-hydroxylation sites is 3. The first-order valence-corrected chi connectivity index (χ1v) is 23.4. The molecule has 0 fully saturated rings. The summed E-state index contributed by atoms with van der Waals surface area (Å²) >= 11 is 0. The smallest absolute Gasteiger partial charge is 0.272 e. The molecule has 0 saturated carbocycles. The van der Waals surface area contributed by atoms with E-state index in [0.717, 1.165) is 44.3 Å². The summed E-state index contributed by atoms with van der Waals surface area (Å²) < 4.78 is 0. The molecular weight excluding hydrogens is 823 g/mol. The maximum Gasteiger partial charge on any atom is 0.272 e. The molecule has 8 aromatic rings. The molecule has 6 N–H and O–H groups in total. The summed E-state index contributed by atoms with van der Waals surface area (Å²) in [6.07, 6.45) is 4.81. The second-order valence-electron chi connectivity index (χ2n) is 21.3. The number of nitrogens with two attached hydrogens (primary N) is 1. The topological polar surface area (TPSA) is 116 Å². The Bertz CT molecular complexity index is 3040. The lowest BCUT2D eigenvalue weighted by Gasteiger charge is -2.42. The Labute approximate surface area is 397 Å². The van der Waals surface area contributed by atoms with E-state index in [2.05, 4.69) is 137 Å². The maximum atomic E-state index is 12.9. The van der Waals surface area contributed by atoms with Crippen molar-refractivity contribution in [3.05, 3.63) is 173 Å². The largest absolute Gasteiger partial charge is 0.397 e. The van der Waals surface area contributed by atoms with E-state index in [0.29, 0.717) is 22.6 Å². The fraction of sp³-hybridized carbons (Fsp3) is 0.300. The van der Waals surface area contributed by atoms with Gasteiger partial charge in [0.2, 0.25) is 0 Å². The Morgan fingerprint density at radius 1 is 0.493 bits per heavy atom. The van der Waals surface area contributed by atoms with Gasteiger partial charge >= 0.3 is 0 Å². The molecule has 7 heteroatoms. The van der Waals surface area contributed by atoms with E-state index in [1.165, 1.54) is 59.1 Å². The summed E-state index contributed by atoms with van der Waals surface area (Å²) in [5.41, 5.74) is 23.3. The first-order valence-electron chi connectivity index (χ1n) is 23.4. The number of carbonyl (C=O) groups excluding carboxylic acids is 2. The van der Waals surface area contributed by atoms with Gasteiger partial charge in [-0.05, 0) is 153 Å². The average Bonchev–Trinajstić information content (AvgIpc) is 3.93. The number of anilines is 3. The van der Waals surface area contributed by atoms with Crippen molar-refractivity contribution in [2.45, 2.75) is 117 Å². The third-order valence-corrected chi connectivity index (χ3v) is 14.7. The number of aromatic nitrogens is 2. The van der Waals surface area contributed by atoms with Crippen LogP contribution in [0, 0.1) is 6.92 Å². The van der Waals surface area contributed by atoms with Crippen LogP contribution in [0.4, 0.5) is 17.1 Å². The minimum atomic E-state index is -0.205. The van der Waals surface area contributed by atoms with Gasteiger partial charge in [0.1, 0.15) is 5.69 Å². The highest BCUT2D eigenvalue weighted by molar-refractivity contribution is 6.08. The van der Waals surface area contributed by atoms with Crippen LogP contribution in [0.2, 0.25) is 0 Å². The van der Waals surface area contributed by atoms with E-state index in [1.54, 1.807) is 12.1 Å². The van der Waals surface area contributed by atoms with Gasteiger partial charge in [-0.15, -0.1) is 0 Å². The zero-order chi connectivity index (χ0) is 46.8. The number of carbonyl (C=O) groups is 2. The molecule has 0 bridgehead atoms. The van der Waals surface area contributed by atoms with Crippen molar-refractivity contribution in [3.8, 4) is 22.4 Å². The summed E-state index contributed by atoms with van der Waals surface area (Å²) in [6, 6.07) is 45.2. The second kappa shape index (κ2) is 17.4. The van der Waals surface area contributed by atoms with Gasteiger partial charge in [0, 0.05) is 38.8 Å². The van der Waals surface area contributed by atoms with Gasteiger partial charge in [0.25, 0.3) is 11.8 Å². The van der Waals surface area contributed by atoms with Crippen molar-refractivity contribution in [2.75, 3.05) is 16.4 Å². The number of aromatic amines is 2. The molecular formula is C60H67N5O2. The molecule has 2 aromatic heterocycles. The third-order valence-electron chi connectivity index (χ3n) is 14.7. The zero-order valence-electron chi connectivity index (χ0n) is 39.9. The fourth-order valence-electron chi connectivity index (χ4n) is 10.1. The van der Waals surface area contributed by atoms with Crippen LogP contribution in [0.25, 0.3) is 44.2 Å². The van der Waals surface area contributed by atoms with Crippen LogP contribution in [0.5, 0.6) is 0 Å². The molecule has 10 rings (SSSR count). The molecule has 7 nitrogen and oxygen atoms in total. The van der Waals surface area contributed by atoms with Gasteiger partial charge in [0.05, 0.1) is 11.4 Å². The normalized spacial score (nSPS) is 16.1. The van der Waals surface area contributed by atoms with E-state index < -0.39 is 0 Å². The lowest BCUT2D eigenvalue weighted by Crippen LogP contribution is -2.33. The fourth-order valence-corrected chi connectivity index (χ4v) is 10.1. The minimum Gasteiger partial charge on any atom is -0.397 e. The van der Waals surface area contributed by atoms with E-state index >= 15 is 0 Å². The number of fused-ring (bicyclic) bond motifs is 4. The van der Waals surface area contributed by atoms with Crippen molar-refractivity contribution < 1.29 is 9.59 Å². The Morgan fingerprint density at radius 2 is 0.985 bits per heavy atom. The highest BCUT2D eigenvalue weighted by Crippen LogP contribution is 2.48. The molecule has 2 aliphatic rings. The summed E-state index contributed by atoms with van der Waals surface area (Å²) in [6.45, 7) is 20.8. The number of hydrogen-bond acceptors (Lipinski definition) is 3. The molecule has 0 unspecified atom stereocenters. The summed E-state index contributed by atoms with van der Waals surface area (Å²) in [7, 11) is 0. The van der Waals surface area contributed by atoms with Crippen LogP contribution in [0.3, 0.4) is 0 Å². The monoisotopic (exact) mass is 890 g/mol. The molecule has 2 aliphatic carbocycles. The average molecular weight is 890 g/mol. The predicted octanol–water partition coefficient (Wildman–Crippen LogP) is 15.4. The SMILES string of the molecule is C.CC1(C)CCC(C)(C)c2cc(-c3ccc4cc(C(=O)Nc5ccccc5N)[nH]c4c3)ccc21.Cc1ccccc1NC(=O)c1ccc2cc(-c3ccc4c(c3)C(C)(C)CCC4(C)C)[nH]c2c1. The first-order chi connectivity index (χ1) is 31.3. The van der Waals surface area contributed by atoms with E-state index in [1.807, 2.05) is 67.6 Å². The van der Waals surface area contributed by atoms with Crippen molar-refractivity contribution in [1.82, 2.24) is 9.97 Å². The van der Waals surface area contributed by atoms with Crippen LogP contribution < -0.4 is 16.4 Å². The lowest BCUT2D eigenvalue weighted by atomic mass is 9.63. The Hall–Kier alpha value is -6.86. The van der Waals surface area contributed by atoms with Gasteiger partial charge in [-0.25, -0.2) is 0 Å². The predicted molar refractivity (Wildman–Crippen MR) is 283 cm³/mol. The molecule has 0 radical (unpaired) electrons. The van der Waals surface area contributed by atoms with Crippen molar-refractivity contribution in [1.29, 1.82) is 0 Å². The summed E-state index contributed by atoms with van der Waals surface area (Å²) in [5.74, 6) is -0.302. The third kappa shape index (κ3) is 9.17. The van der Waals surface area contributed by atoms with Gasteiger partial charge in [0.15, 0.2) is 0 Å². The lowest BCUT2D eigenvalue weighted by molar-refractivity contribution is 0.101. The van der Waals surface area contributed by atoms with Gasteiger partial charge in [-0.2, -0.15) is 0 Å². The summed E-state index contributed by atoms with van der Waals surface area (Å²) in [5, 5.41) is 8.03. The van der Waals surface area contributed by atoms with Crippen molar-refractivity contribution in [3.63, 3.8) is 0 Å². The quantitative estimate of drug-likeness (QED) is 0.107. The number of benzene rings is 6. The van der Waals surface area contributed by atoms with Crippen molar-refractivity contribution >= 4 is 50.7 Å². The number of H-pyrrole nitrogens is 2. The Balaban J connectivity index is 0.000000179. The number of amides is 2. The number of nitrogen functional groups attached to an aromatic ring is 1. The summed E-state index contributed by atoms with van der Waals surface area (Å²) in [4.78, 5) is 32.5. The highest BCUT2D eigenvalue weighted by Gasteiger charge is 2.38. The zero-order valence-corrected chi connectivity index (χ0v) is 39.9. The van der Waals surface area contributed by atoms with Gasteiger partial charge in [-0.1, -0.05) is 142 Å².